The second kappa shape index (κ2) is 12.5. The Morgan fingerprint density at radius 3 is 2.89 bits per heavy atom. The lowest BCUT2D eigenvalue weighted by atomic mass is 9.86. The maximum absolute atomic E-state index is 15.0. The van der Waals surface area contributed by atoms with Gasteiger partial charge >= 0.3 is 0 Å². The summed E-state index contributed by atoms with van der Waals surface area (Å²) in [6.07, 6.45) is 8.36. The monoisotopic (exact) mass is 508 g/mol. The third kappa shape index (κ3) is 6.15. The van der Waals surface area contributed by atoms with Crippen molar-refractivity contribution in [3.63, 3.8) is 0 Å². The number of methoxy groups -OCH3 is 2. The Balaban J connectivity index is 1.51. The molecule has 0 aromatic carbocycles. The number of anilines is 1. The second-order valence-corrected chi connectivity index (χ2v) is 8.70. The average molecular weight is 509 g/mol. The predicted molar refractivity (Wildman–Crippen MR) is 141 cm³/mol. The van der Waals surface area contributed by atoms with Gasteiger partial charge in [0, 0.05) is 25.2 Å². The van der Waals surface area contributed by atoms with Crippen molar-refractivity contribution in [3.8, 4) is 17.1 Å². The van der Waals surface area contributed by atoms with Crippen LogP contribution in [0.4, 0.5) is 10.3 Å². The van der Waals surface area contributed by atoms with Gasteiger partial charge in [0.15, 0.2) is 0 Å². The number of nitrogens with zero attached hydrogens (tertiary/aromatic N) is 5. The van der Waals surface area contributed by atoms with E-state index in [1.807, 2.05) is 41.3 Å². The van der Waals surface area contributed by atoms with Gasteiger partial charge in [-0.3, -0.25) is 4.90 Å². The number of hydrogen-bond donors (Lipinski definition) is 2. The van der Waals surface area contributed by atoms with Gasteiger partial charge in [0.05, 0.1) is 50.3 Å². The number of pyridine rings is 1. The van der Waals surface area contributed by atoms with Gasteiger partial charge in [-0.2, -0.15) is 0 Å². The van der Waals surface area contributed by atoms with E-state index in [1.165, 1.54) is 0 Å². The number of halogens is 1. The summed E-state index contributed by atoms with van der Waals surface area (Å²) in [5, 5.41) is 17.0. The fourth-order valence-corrected chi connectivity index (χ4v) is 4.57. The largest absolute Gasteiger partial charge is 0.499 e. The summed E-state index contributed by atoms with van der Waals surface area (Å²) >= 11 is 0. The van der Waals surface area contributed by atoms with Crippen LogP contribution < -0.4 is 10.1 Å². The quantitative estimate of drug-likeness (QED) is 0.300. The zero-order valence-corrected chi connectivity index (χ0v) is 21.2. The van der Waals surface area contributed by atoms with Gasteiger partial charge in [-0.15, -0.1) is 5.10 Å². The van der Waals surface area contributed by atoms with E-state index in [1.54, 1.807) is 37.2 Å². The first-order valence-corrected chi connectivity index (χ1v) is 12.2. The number of hydrogen-bond acceptors (Lipinski definition) is 8. The van der Waals surface area contributed by atoms with Crippen molar-refractivity contribution in [1.82, 2.24) is 24.5 Å². The van der Waals surface area contributed by atoms with Crippen LogP contribution in [0.2, 0.25) is 0 Å². The molecular weight excluding hydrogens is 475 g/mol. The van der Waals surface area contributed by atoms with Gasteiger partial charge in [-0.1, -0.05) is 18.7 Å². The Morgan fingerprint density at radius 2 is 2.16 bits per heavy atom. The number of likely N-dealkylation sites (tertiary alicyclic amines) is 1. The van der Waals surface area contributed by atoms with E-state index in [9.17, 15) is 0 Å². The van der Waals surface area contributed by atoms with Crippen LogP contribution in [0.5, 0.6) is 5.88 Å². The first-order valence-electron chi connectivity index (χ1n) is 12.2. The number of allylic oxidation sites excluding steroid dienone is 4. The molecule has 1 aliphatic rings. The lowest BCUT2D eigenvalue weighted by molar-refractivity contribution is 0.0868. The Morgan fingerprint density at radius 1 is 1.30 bits per heavy atom. The molecule has 0 bridgehead atoms. The number of ether oxygens (including phenoxy) is 2. The van der Waals surface area contributed by atoms with E-state index in [4.69, 9.17) is 14.6 Å². The minimum Gasteiger partial charge on any atom is -0.499 e. The average Bonchev–Trinajstić information content (AvgIpc) is 3.34. The van der Waals surface area contributed by atoms with E-state index in [0.29, 0.717) is 43.6 Å². The van der Waals surface area contributed by atoms with Gasteiger partial charge in [0.2, 0.25) is 11.8 Å². The van der Waals surface area contributed by atoms with Crippen LogP contribution in [-0.4, -0.2) is 82.8 Å². The highest BCUT2D eigenvalue weighted by atomic mass is 19.1. The van der Waals surface area contributed by atoms with E-state index in [-0.39, 0.29) is 12.5 Å². The molecule has 0 unspecified atom stereocenters. The molecule has 4 heterocycles. The van der Waals surface area contributed by atoms with Crippen molar-refractivity contribution in [2.24, 2.45) is 5.92 Å². The highest BCUT2D eigenvalue weighted by Crippen LogP contribution is 2.30. The lowest BCUT2D eigenvalue weighted by Gasteiger charge is -2.35. The lowest BCUT2D eigenvalue weighted by Crippen LogP contribution is -2.43. The fourth-order valence-electron chi connectivity index (χ4n) is 4.57. The van der Waals surface area contributed by atoms with Gasteiger partial charge in [0.1, 0.15) is 11.9 Å². The van der Waals surface area contributed by atoms with E-state index in [0.717, 1.165) is 28.9 Å². The molecule has 0 aliphatic carbocycles. The number of aliphatic hydroxyl groups excluding tert-OH is 1. The van der Waals surface area contributed by atoms with Crippen molar-refractivity contribution in [2.75, 3.05) is 52.3 Å². The Bertz CT molecular complexity index is 1270. The van der Waals surface area contributed by atoms with Crippen molar-refractivity contribution in [3.05, 3.63) is 72.8 Å². The van der Waals surface area contributed by atoms with Gasteiger partial charge in [0.25, 0.3) is 0 Å². The zero-order chi connectivity index (χ0) is 26.2. The maximum Gasteiger partial charge on any atom is 0.241 e. The molecule has 196 valence electrons. The Labute approximate surface area is 215 Å². The first kappa shape index (κ1) is 26.3. The number of rotatable bonds is 11. The van der Waals surface area contributed by atoms with Crippen LogP contribution in [0, 0.1) is 5.92 Å². The minimum absolute atomic E-state index is 0.0281. The summed E-state index contributed by atoms with van der Waals surface area (Å²) in [6, 6.07) is 7.64. The molecule has 1 fully saturated rings. The van der Waals surface area contributed by atoms with Crippen molar-refractivity contribution in [1.29, 1.82) is 0 Å². The number of aromatic nitrogens is 4. The van der Waals surface area contributed by atoms with Crippen molar-refractivity contribution >= 4 is 11.5 Å². The third-order valence-electron chi connectivity index (χ3n) is 6.43. The normalized spacial score (nSPS) is 19.1. The molecule has 4 rings (SSSR count). The third-order valence-corrected chi connectivity index (χ3v) is 6.43. The number of nitrogens with one attached hydrogen (secondary N) is 1. The summed E-state index contributed by atoms with van der Waals surface area (Å²) in [7, 11) is 3.17. The molecule has 1 aliphatic heterocycles. The smallest absolute Gasteiger partial charge is 0.241 e. The number of piperidine rings is 1. The topological polar surface area (TPSA) is 97.0 Å². The molecular formula is C27H33FN6O3. The van der Waals surface area contributed by atoms with Crippen LogP contribution in [0.25, 0.3) is 16.8 Å². The molecule has 0 amide bonds. The molecule has 0 radical (unpaired) electrons. The van der Waals surface area contributed by atoms with Crippen LogP contribution >= 0.6 is 0 Å². The van der Waals surface area contributed by atoms with Crippen LogP contribution in [0.15, 0.2) is 72.8 Å². The SMILES string of the molecule is C=C/C=C(\C=C(/CNc1ncc2ccc(-c3cccnc3OC)n2n1)OC)[C@@H]1CCN(CCO)C[C@H]1F. The van der Waals surface area contributed by atoms with Gasteiger partial charge in [-0.25, -0.2) is 18.9 Å². The number of β-amino-alcohol motifs (C(OH)–C–C–N with tert-alkyl or cyclic N) is 1. The Hall–Kier alpha value is -3.76. The molecule has 3 aromatic rings. The molecule has 9 nitrogen and oxygen atoms in total. The van der Waals surface area contributed by atoms with E-state index >= 15 is 4.39 Å². The summed E-state index contributed by atoms with van der Waals surface area (Å²) in [5.41, 5.74) is 3.28. The summed E-state index contributed by atoms with van der Waals surface area (Å²) in [6.45, 7) is 5.64. The van der Waals surface area contributed by atoms with E-state index in [2.05, 4.69) is 27.0 Å². The summed E-state index contributed by atoms with van der Waals surface area (Å²) in [5.74, 6) is 1.26. The van der Waals surface area contributed by atoms with Crippen LogP contribution in [0.1, 0.15) is 6.42 Å². The van der Waals surface area contributed by atoms with Crippen LogP contribution in [-0.2, 0) is 4.74 Å². The number of fused-ring (bicyclic) bond motifs is 1. The molecule has 1 saturated heterocycles. The maximum atomic E-state index is 15.0. The van der Waals surface area contributed by atoms with Gasteiger partial charge in [-0.05, 0) is 48.9 Å². The van der Waals surface area contributed by atoms with Crippen LogP contribution in [0.3, 0.4) is 0 Å². The molecule has 0 spiro atoms. The van der Waals surface area contributed by atoms with Crippen molar-refractivity contribution < 1.29 is 19.0 Å². The molecule has 3 aromatic heterocycles. The Kier molecular flexibility index (Phi) is 8.86. The zero-order valence-electron chi connectivity index (χ0n) is 21.2. The molecule has 10 heteroatoms. The molecule has 0 saturated carbocycles. The fraction of sp³-hybridized carbons (Fsp3) is 0.370. The number of aliphatic hydroxyl groups is 1. The van der Waals surface area contributed by atoms with Crippen molar-refractivity contribution in [2.45, 2.75) is 12.6 Å². The van der Waals surface area contributed by atoms with Gasteiger partial charge < -0.3 is 19.9 Å². The second-order valence-electron chi connectivity index (χ2n) is 8.70. The first-order chi connectivity index (χ1) is 18.1. The summed E-state index contributed by atoms with van der Waals surface area (Å²) in [4.78, 5) is 10.6. The molecule has 37 heavy (non-hydrogen) atoms. The summed E-state index contributed by atoms with van der Waals surface area (Å²) < 4.78 is 27.8. The minimum atomic E-state index is -1.05. The van der Waals surface area contributed by atoms with E-state index < -0.39 is 6.17 Å². The molecule has 2 atom stereocenters. The predicted octanol–water partition coefficient (Wildman–Crippen LogP) is 3.51. The standard InChI is InChI=1S/C27H33FN6O3/c1-4-6-19(22-10-12-33(13-14-35)18-24(22)28)15-21(36-2)17-31-27-30-16-20-8-9-25(34(20)32-27)23-7-5-11-29-26(23)37-3/h4-9,11,15-16,22,24,35H,1,10,12-14,17-18H2,2-3H3,(H,31,32)/b19-6+,21-15+/t22-,24+/m0/s1. The number of alkyl halides is 1. The highest BCUT2D eigenvalue weighted by molar-refractivity contribution is 5.70. The molecule has 2 N–H and O–H groups in total. The highest BCUT2D eigenvalue weighted by Gasteiger charge is 2.31.